The predicted octanol–water partition coefficient (Wildman–Crippen LogP) is 8.28. The number of aromatic hydroxyl groups is 2. The Bertz CT molecular complexity index is 2210. The summed E-state index contributed by atoms with van der Waals surface area (Å²) in [6, 6.07) is 2.26. The van der Waals surface area contributed by atoms with Gasteiger partial charge in [0.2, 0.25) is 6.29 Å². The lowest BCUT2D eigenvalue weighted by Crippen LogP contribution is -2.69. The lowest BCUT2D eigenvalue weighted by atomic mass is 9.50. The molecule has 8 aliphatic rings. The standard InChI is InChI=1S/C51H70O13S2/c1-29-37(30(2)54)41(56)38-34(40(29)55)18-32(44(59)60)19-35(38)63-45-42(57)43(58)51(36(22-53)64-45)11-6-31-20-47(21-33-23-61-26-48(16-17-52,39(31)33)27-65-66-28-62-51)13-15-50(25-47)10-5-9-49(50)14-12-46(24-49)7-3-4-8-46/h18-19,31,33,36,39,42-43,45,52-53,55-58H,3-17,20-28H2,1-2H3,(H,59,60). The lowest BCUT2D eigenvalue weighted by molar-refractivity contribution is -0.323. The fourth-order valence-corrected chi connectivity index (χ4v) is 19.2. The van der Waals surface area contributed by atoms with Crippen LogP contribution in [0.2, 0.25) is 0 Å². The van der Waals surface area contributed by atoms with Crippen LogP contribution < -0.4 is 4.74 Å². The second kappa shape index (κ2) is 17.5. The first-order valence-corrected chi connectivity index (χ1v) is 27.2. The number of hydrogen-bond acceptors (Lipinski definition) is 14. The maximum Gasteiger partial charge on any atom is 0.335 e. The highest BCUT2D eigenvalue weighted by molar-refractivity contribution is 8.76. The lowest BCUT2D eigenvalue weighted by Gasteiger charge is -2.58. The number of phenols is 2. The molecule has 5 aliphatic carbocycles. The molecule has 3 aliphatic heterocycles. The number of Topliss-reactive ketones (excluding diaryl/α,β-unsaturated/α-hetero) is 1. The van der Waals surface area contributed by atoms with Gasteiger partial charge in [-0.3, -0.25) is 4.79 Å². The monoisotopic (exact) mass is 954 g/mol. The summed E-state index contributed by atoms with van der Waals surface area (Å²) in [6.45, 7) is 3.39. The van der Waals surface area contributed by atoms with Gasteiger partial charge >= 0.3 is 5.97 Å². The first-order chi connectivity index (χ1) is 31.6. The zero-order valence-corrected chi connectivity index (χ0v) is 40.2. The van der Waals surface area contributed by atoms with Gasteiger partial charge in [0.15, 0.2) is 5.78 Å². The van der Waals surface area contributed by atoms with E-state index < -0.39 is 60.1 Å². The zero-order chi connectivity index (χ0) is 46.4. The van der Waals surface area contributed by atoms with E-state index in [2.05, 4.69) is 0 Å². The SMILES string of the molecule is CC(=O)c1c(C)c(O)c2cc(C(=O)O)cc(OC3OC(CO)C4(CCC5CC6(CCC7(CCCC78CCC7(CCCC7)C8)C6)CC6COCC(CCO)(CSSCO4)C56)C(O)C3O)c2c1O. The number of aliphatic hydroxyl groups excluding tert-OH is 4. The highest BCUT2D eigenvalue weighted by atomic mass is 33.1. The largest absolute Gasteiger partial charge is 0.507 e. The highest BCUT2D eigenvalue weighted by Crippen LogP contribution is 2.77. The number of fused-ring (bicyclic) bond motifs is 2. The molecule has 10 rings (SSSR count). The van der Waals surface area contributed by atoms with Crippen molar-refractivity contribution in [1.29, 1.82) is 0 Å². The number of aromatic carboxylic acids is 1. The molecule has 5 spiro atoms. The maximum atomic E-state index is 12.7. The van der Waals surface area contributed by atoms with Crippen LogP contribution in [-0.4, -0.2) is 116 Å². The van der Waals surface area contributed by atoms with E-state index in [0.717, 1.165) is 30.7 Å². The summed E-state index contributed by atoms with van der Waals surface area (Å²) in [5.74, 6) is -1.56. The van der Waals surface area contributed by atoms with Crippen LogP contribution >= 0.6 is 21.6 Å². The number of carboxylic acids is 1. The first-order valence-electron chi connectivity index (χ1n) is 24.7. The Labute approximate surface area is 395 Å². The fourth-order valence-electron chi connectivity index (χ4n) is 16.8. The minimum Gasteiger partial charge on any atom is -0.507 e. The van der Waals surface area contributed by atoms with Crippen molar-refractivity contribution in [2.45, 2.75) is 160 Å². The van der Waals surface area contributed by atoms with Crippen molar-refractivity contribution in [3.8, 4) is 17.2 Å². The van der Waals surface area contributed by atoms with Gasteiger partial charge in [-0.25, -0.2) is 4.79 Å². The Morgan fingerprint density at radius 2 is 1.58 bits per heavy atom. The van der Waals surface area contributed by atoms with Crippen LogP contribution in [0.25, 0.3) is 10.8 Å². The van der Waals surface area contributed by atoms with Crippen molar-refractivity contribution < 1.29 is 64.3 Å². The molecule has 0 amide bonds. The van der Waals surface area contributed by atoms with Crippen LogP contribution in [0.3, 0.4) is 0 Å². The third-order valence-electron chi connectivity index (χ3n) is 19.5. The Hall–Kier alpha value is -2.34. The summed E-state index contributed by atoms with van der Waals surface area (Å²) in [7, 11) is 3.15. The molecular formula is C51H70O13S2. The van der Waals surface area contributed by atoms with Gasteiger partial charge in [-0.2, -0.15) is 0 Å². The molecule has 13 nitrogen and oxygen atoms in total. The summed E-state index contributed by atoms with van der Waals surface area (Å²) in [5.41, 5.74) is -0.734. The van der Waals surface area contributed by atoms with Crippen molar-refractivity contribution in [2.75, 3.05) is 38.1 Å². The van der Waals surface area contributed by atoms with E-state index in [1.54, 1.807) is 10.8 Å². The molecular weight excluding hydrogens is 885 g/mol. The van der Waals surface area contributed by atoms with E-state index in [4.69, 9.17) is 18.9 Å². The van der Waals surface area contributed by atoms with Crippen molar-refractivity contribution in [2.24, 2.45) is 44.8 Å². The summed E-state index contributed by atoms with van der Waals surface area (Å²) in [5, 5.41) is 78.8. The van der Waals surface area contributed by atoms with Gasteiger partial charge in [0, 0.05) is 35.3 Å². The minimum absolute atomic E-state index is 0.0538. The molecule has 7 N–H and O–H groups in total. The minimum atomic E-state index is -1.78. The average Bonchev–Trinajstić information content (AvgIpc) is 4.08. The Balaban J connectivity index is 0.971. The Kier molecular flexibility index (Phi) is 12.6. The Morgan fingerprint density at radius 3 is 2.27 bits per heavy atom. The quantitative estimate of drug-likeness (QED) is 0.0791. The summed E-state index contributed by atoms with van der Waals surface area (Å²) in [6.07, 6.45) is 14.9. The van der Waals surface area contributed by atoms with Crippen molar-refractivity contribution in [3.05, 3.63) is 28.8 Å². The summed E-state index contributed by atoms with van der Waals surface area (Å²) < 4.78 is 25.9. The van der Waals surface area contributed by atoms with E-state index in [0.29, 0.717) is 48.2 Å². The molecule has 2 aromatic rings. The number of rotatable bonds is 7. The molecule has 5 saturated carbocycles. The van der Waals surface area contributed by atoms with Gasteiger partial charge in [-0.15, -0.1) is 0 Å². The highest BCUT2D eigenvalue weighted by Gasteiger charge is 2.67. The van der Waals surface area contributed by atoms with Gasteiger partial charge in [-0.05, 0) is 162 Å². The molecule has 66 heavy (non-hydrogen) atoms. The number of benzene rings is 2. The smallest absolute Gasteiger partial charge is 0.335 e. The van der Waals surface area contributed by atoms with Gasteiger partial charge < -0.3 is 54.7 Å². The van der Waals surface area contributed by atoms with Crippen LogP contribution in [0.1, 0.15) is 149 Å². The first kappa shape index (κ1) is 47.3. The number of hydrogen-bond donors (Lipinski definition) is 7. The number of phenolic OH excluding ortho intramolecular Hbond substituents is 2. The molecule has 12 unspecified atom stereocenters. The number of carbonyl (C=O) groups is 2. The van der Waals surface area contributed by atoms with Gasteiger partial charge in [0.25, 0.3) is 0 Å². The van der Waals surface area contributed by atoms with Gasteiger partial charge in [0.05, 0.1) is 29.7 Å². The third-order valence-corrected chi connectivity index (χ3v) is 21.7. The predicted molar refractivity (Wildman–Crippen MR) is 250 cm³/mol. The van der Waals surface area contributed by atoms with Gasteiger partial charge in [-0.1, -0.05) is 40.9 Å². The molecule has 3 saturated heterocycles. The molecule has 3 heterocycles. The second-order valence-corrected chi connectivity index (χ2v) is 25.0. The normalized spacial score (nSPS) is 41.0. The van der Waals surface area contributed by atoms with E-state index in [1.165, 1.54) is 108 Å². The molecule has 0 aromatic heterocycles. The van der Waals surface area contributed by atoms with Crippen LogP contribution in [0, 0.1) is 51.8 Å². The second-order valence-electron chi connectivity index (χ2n) is 22.6. The topological polar surface area (TPSA) is 213 Å². The van der Waals surface area contributed by atoms with Crippen molar-refractivity contribution in [1.82, 2.24) is 0 Å². The molecule has 12 atom stereocenters. The number of carboxylic acid groups (broad SMARTS) is 1. The Morgan fingerprint density at radius 1 is 0.864 bits per heavy atom. The van der Waals surface area contributed by atoms with Gasteiger partial charge in [0.1, 0.15) is 47.1 Å². The van der Waals surface area contributed by atoms with Crippen LogP contribution in [0.5, 0.6) is 17.2 Å². The fraction of sp³-hybridized carbons (Fsp3) is 0.765. The number of ether oxygens (including phenoxy) is 4. The zero-order valence-electron chi connectivity index (χ0n) is 38.6. The van der Waals surface area contributed by atoms with Crippen molar-refractivity contribution in [3.63, 3.8) is 0 Å². The average molecular weight is 955 g/mol. The number of carbonyl (C=O) groups excluding carboxylic acids is 1. The maximum absolute atomic E-state index is 12.7. The van der Waals surface area contributed by atoms with Crippen LogP contribution in [0.4, 0.5) is 0 Å². The number of aliphatic hydroxyl groups is 4. The molecule has 15 heteroatoms. The molecule has 2 aromatic carbocycles. The summed E-state index contributed by atoms with van der Waals surface area (Å²) in [4.78, 5) is 25.0. The van der Waals surface area contributed by atoms with Crippen molar-refractivity contribution >= 4 is 44.1 Å². The molecule has 364 valence electrons. The molecule has 0 bridgehead atoms. The molecule has 0 radical (unpaired) electrons. The van der Waals surface area contributed by atoms with Crippen LogP contribution in [-0.2, 0) is 14.2 Å². The van der Waals surface area contributed by atoms with E-state index >= 15 is 0 Å². The van der Waals surface area contributed by atoms with E-state index in [9.17, 15) is 45.3 Å². The number of ketones is 1. The van der Waals surface area contributed by atoms with E-state index in [1.807, 2.05) is 0 Å². The summed E-state index contributed by atoms with van der Waals surface area (Å²) >= 11 is 0. The third kappa shape index (κ3) is 7.44. The van der Waals surface area contributed by atoms with E-state index in [-0.39, 0.29) is 74.8 Å². The van der Waals surface area contributed by atoms with Crippen LogP contribution in [0.15, 0.2) is 12.1 Å². The molecule has 8 fully saturated rings.